The third kappa shape index (κ3) is 3.30. The largest absolute Gasteiger partial charge is 1.00 e. The molecule has 0 aromatic rings. The first-order valence-electron chi connectivity index (χ1n) is 2.48. The number of hydrogen-bond acceptors (Lipinski definition) is 4. The van der Waals surface area contributed by atoms with Crippen molar-refractivity contribution in [1.29, 1.82) is 0 Å². The normalized spacial score (nSPS) is 10.8. The first-order chi connectivity index (χ1) is 4.24. The van der Waals surface area contributed by atoms with Crippen LogP contribution in [-0.2, 0) is 14.2 Å². The average molecular weight is 158 g/mol. The number of methoxy groups -OCH3 is 3. The van der Waals surface area contributed by atoms with Gasteiger partial charge in [-0.05, 0) is 0 Å². The molecule has 0 saturated heterocycles. The summed E-state index contributed by atoms with van der Waals surface area (Å²) in [5.41, 5.74) is 0. The quantitative estimate of drug-likeness (QED) is 0.308. The fourth-order valence-corrected chi connectivity index (χ4v) is 0.427. The Labute approximate surface area is 82.7 Å². The summed E-state index contributed by atoms with van der Waals surface area (Å²) in [5.74, 6) is -1.39. The minimum atomic E-state index is -1.39. The fraction of sp³-hybridized carbons (Fsp3) is 1.00. The van der Waals surface area contributed by atoms with Crippen molar-refractivity contribution in [3.8, 4) is 0 Å². The maximum absolute atomic E-state index is 10.3. The standard InChI is InChI=1S/C5H11O4.Na/c1-7-5(4-6,8-2)9-3;/h4H2,1-3H3;/q-1;+1. The fourth-order valence-electron chi connectivity index (χ4n) is 0.427. The van der Waals surface area contributed by atoms with Crippen LogP contribution in [0.25, 0.3) is 0 Å². The summed E-state index contributed by atoms with van der Waals surface area (Å²) in [4.78, 5) is 0. The SMILES string of the molecule is COC(C[O-])(OC)OC.[Na+]. The van der Waals surface area contributed by atoms with Gasteiger partial charge in [0.05, 0.1) is 0 Å². The molecule has 0 aromatic carbocycles. The molecule has 0 radical (unpaired) electrons. The molecule has 0 aliphatic carbocycles. The summed E-state index contributed by atoms with van der Waals surface area (Å²) in [6, 6.07) is 0. The molecule has 0 bridgehead atoms. The second-order valence-electron chi connectivity index (χ2n) is 1.44. The van der Waals surface area contributed by atoms with Crippen molar-refractivity contribution in [2.24, 2.45) is 0 Å². The van der Waals surface area contributed by atoms with Crippen molar-refractivity contribution in [2.45, 2.75) is 5.97 Å². The van der Waals surface area contributed by atoms with Gasteiger partial charge in [-0.1, -0.05) is 6.61 Å². The second-order valence-corrected chi connectivity index (χ2v) is 1.44. The van der Waals surface area contributed by atoms with Crippen molar-refractivity contribution in [3.05, 3.63) is 0 Å². The van der Waals surface area contributed by atoms with Crippen molar-refractivity contribution in [2.75, 3.05) is 27.9 Å². The van der Waals surface area contributed by atoms with E-state index in [9.17, 15) is 5.11 Å². The predicted octanol–water partition coefficient (Wildman–Crippen LogP) is -4.06. The Morgan fingerprint density at radius 1 is 1.10 bits per heavy atom. The molecule has 0 amide bonds. The first kappa shape index (κ1) is 13.4. The van der Waals surface area contributed by atoms with E-state index in [1.807, 2.05) is 0 Å². The van der Waals surface area contributed by atoms with Crippen LogP contribution in [0.15, 0.2) is 0 Å². The predicted molar refractivity (Wildman–Crippen MR) is 28.6 cm³/mol. The second kappa shape index (κ2) is 6.54. The van der Waals surface area contributed by atoms with Crippen LogP contribution in [0.4, 0.5) is 0 Å². The van der Waals surface area contributed by atoms with Gasteiger partial charge < -0.3 is 19.3 Å². The van der Waals surface area contributed by atoms with Crippen molar-refractivity contribution in [3.63, 3.8) is 0 Å². The van der Waals surface area contributed by atoms with Gasteiger partial charge in [0.25, 0.3) is 5.97 Å². The van der Waals surface area contributed by atoms with E-state index < -0.39 is 12.6 Å². The molecule has 0 fully saturated rings. The number of ether oxygens (including phenoxy) is 3. The van der Waals surface area contributed by atoms with Gasteiger partial charge in [0, 0.05) is 21.3 Å². The molecule has 56 valence electrons. The summed E-state index contributed by atoms with van der Waals surface area (Å²) in [5, 5.41) is 10.3. The average Bonchev–Trinajstić information content (AvgIpc) is 1.95. The third-order valence-corrected chi connectivity index (χ3v) is 1.11. The molecular weight excluding hydrogens is 147 g/mol. The molecule has 0 atom stereocenters. The van der Waals surface area contributed by atoms with Crippen LogP contribution in [0, 0.1) is 0 Å². The van der Waals surface area contributed by atoms with Gasteiger partial charge in [0.1, 0.15) is 0 Å². The van der Waals surface area contributed by atoms with Crippen molar-refractivity contribution in [1.82, 2.24) is 0 Å². The molecule has 5 heteroatoms. The Bertz CT molecular complexity index is 56.5. The van der Waals surface area contributed by atoms with Gasteiger partial charge in [-0.25, -0.2) is 0 Å². The van der Waals surface area contributed by atoms with Gasteiger partial charge in [-0.3, -0.25) is 0 Å². The van der Waals surface area contributed by atoms with Crippen LogP contribution >= 0.6 is 0 Å². The van der Waals surface area contributed by atoms with E-state index in [1.54, 1.807) is 0 Å². The zero-order valence-corrected chi connectivity index (χ0v) is 8.84. The van der Waals surface area contributed by atoms with E-state index in [-0.39, 0.29) is 29.6 Å². The minimum Gasteiger partial charge on any atom is -0.849 e. The monoisotopic (exact) mass is 158 g/mol. The molecule has 0 spiro atoms. The Morgan fingerprint density at radius 3 is 1.40 bits per heavy atom. The molecule has 4 nitrogen and oxygen atoms in total. The molecule has 0 N–H and O–H groups in total. The van der Waals surface area contributed by atoms with Crippen LogP contribution < -0.4 is 34.7 Å². The molecule has 0 aromatic heterocycles. The van der Waals surface area contributed by atoms with Gasteiger partial charge >= 0.3 is 29.6 Å². The van der Waals surface area contributed by atoms with E-state index in [0.717, 1.165) is 0 Å². The van der Waals surface area contributed by atoms with Gasteiger partial charge in [0.15, 0.2) is 0 Å². The Morgan fingerprint density at radius 2 is 1.40 bits per heavy atom. The number of rotatable bonds is 4. The Kier molecular flexibility index (Phi) is 8.79. The topological polar surface area (TPSA) is 50.8 Å². The Balaban J connectivity index is 0. The summed E-state index contributed by atoms with van der Waals surface area (Å²) in [7, 11) is 4.06. The van der Waals surface area contributed by atoms with Crippen LogP contribution in [0.5, 0.6) is 0 Å². The molecule has 0 aliphatic heterocycles. The van der Waals surface area contributed by atoms with Crippen LogP contribution in [0.2, 0.25) is 0 Å². The maximum atomic E-state index is 10.3. The molecule has 0 rings (SSSR count). The van der Waals surface area contributed by atoms with E-state index in [2.05, 4.69) is 14.2 Å². The minimum absolute atomic E-state index is 0. The van der Waals surface area contributed by atoms with Crippen molar-refractivity contribution < 1.29 is 48.9 Å². The molecule has 10 heavy (non-hydrogen) atoms. The summed E-state index contributed by atoms with van der Waals surface area (Å²) >= 11 is 0. The van der Waals surface area contributed by atoms with Crippen LogP contribution in [0.1, 0.15) is 0 Å². The third-order valence-electron chi connectivity index (χ3n) is 1.11. The van der Waals surface area contributed by atoms with Gasteiger partial charge in [0.2, 0.25) is 0 Å². The molecule has 0 heterocycles. The molecular formula is C5H11NaO4. The molecule has 0 aliphatic rings. The zero-order valence-electron chi connectivity index (χ0n) is 6.84. The smallest absolute Gasteiger partial charge is 0.849 e. The van der Waals surface area contributed by atoms with Crippen molar-refractivity contribution >= 4 is 0 Å². The van der Waals surface area contributed by atoms with E-state index in [4.69, 9.17) is 0 Å². The van der Waals surface area contributed by atoms with E-state index in [1.165, 1.54) is 21.3 Å². The maximum Gasteiger partial charge on any atom is 1.00 e. The zero-order chi connectivity index (χ0) is 7.33. The molecule has 0 unspecified atom stereocenters. The molecule has 0 saturated carbocycles. The number of hydrogen-bond donors (Lipinski definition) is 0. The van der Waals surface area contributed by atoms with Crippen LogP contribution in [0.3, 0.4) is 0 Å². The van der Waals surface area contributed by atoms with E-state index in [0.29, 0.717) is 0 Å². The summed E-state index contributed by atoms with van der Waals surface area (Å²) < 4.78 is 13.9. The first-order valence-corrected chi connectivity index (χ1v) is 2.48. The summed E-state index contributed by atoms with van der Waals surface area (Å²) in [6.07, 6.45) is 0. The van der Waals surface area contributed by atoms with Gasteiger partial charge in [-0.2, -0.15) is 0 Å². The van der Waals surface area contributed by atoms with E-state index >= 15 is 0 Å². The summed E-state index contributed by atoms with van der Waals surface area (Å²) in [6.45, 7) is -0.573. The van der Waals surface area contributed by atoms with Gasteiger partial charge in [-0.15, -0.1) is 0 Å². The van der Waals surface area contributed by atoms with Crippen LogP contribution in [-0.4, -0.2) is 33.9 Å². The Hall–Kier alpha value is 0.840.